The molecular formula is C13H12N2O5. The van der Waals surface area contributed by atoms with Gasteiger partial charge in [-0.1, -0.05) is 0 Å². The predicted octanol–water partition coefficient (Wildman–Crippen LogP) is 2.20. The minimum Gasteiger partial charge on any atom is -0.497 e. The van der Waals surface area contributed by atoms with Gasteiger partial charge in [0.15, 0.2) is 12.2 Å². The van der Waals surface area contributed by atoms with E-state index in [2.05, 4.69) is 10.3 Å². The summed E-state index contributed by atoms with van der Waals surface area (Å²) < 4.78 is 9.81. The molecule has 2 rings (SSSR count). The van der Waals surface area contributed by atoms with E-state index >= 15 is 0 Å². The fourth-order valence-electron chi connectivity index (χ4n) is 1.69. The number of anilines is 1. The lowest BCUT2D eigenvalue weighted by Crippen LogP contribution is -2.12. The van der Waals surface area contributed by atoms with Crippen LogP contribution in [0.5, 0.6) is 5.75 Å². The number of nitrogens with one attached hydrogen (secondary N) is 1. The van der Waals surface area contributed by atoms with Crippen molar-refractivity contribution in [2.45, 2.75) is 6.42 Å². The molecular weight excluding hydrogens is 264 g/mol. The van der Waals surface area contributed by atoms with E-state index in [4.69, 9.17) is 14.3 Å². The van der Waals surface area contributed by atoms with Crippen LogP contribution in [0.1, 0.15) is 16.1 Å². The Bertz CT molecular complexity index is 622. The van der Waals surface area contributed by atoms with Crippen LogP contribution in [-0.4, -0.2) is 29.1 Å². The van der Waals surface area contributed by atoms with E-state index < -0.39 is 6.09 Å². The Morgan fingerprint density at radius 3 is 2.85 bits per heavy atom. The fraction of sp³-hybridized carbons (Fsp3) is 0.154. The molecule has 1 amide bonds. The molecule has 0 bridgehead atoms. The molecule has 7 heteroatoms. The van der Waals surface area contributed by atoms with Crippen LogP contribution >= 0.6 is 0 Å². The fourth-order valence-corrected chi connectivity index (χ4v) is 1.69. The van der Waals surface area contributed by atoms with E-state index in [0.717, 1.165) is 6.39 Å². The third-order valence-electron chi connectivity index (χ3n) is 2.62. The highest BCUT2D eigenvalue weighted by Gasteiger charge is 2.14. The number of oxazole rings is 1. The van der Waals surface area contributed by atoms with Crippen LogP contribution in [0.15, 0.2) is 35.3 Å². The second-order valence-corrected chi connectivity index (χ2v) is 3.93. The Labute approximate surface area is 114 Å². The molecule has 2 N–H and O–H groups in total. The third kappa shape index (κ3) is 3.14. The molecule has 0 atom stereocenters. The van der Waals surface area contributed by atoms with E-state index in [1.165, 1.54) is 13.4 Å². The monoisotopic (exact) mass is 276 g/mol. The molecule has 2 aromatic rings. The maximum atomic E-state index is 12.0. The normalized spacial score (nSPS) is 10.1. The van der Waals surface area contributed by atoms with Gasteiger partial charge in [0.1, 0.15) is 17.7 Å². The Hall–Kier alpha value is -2.83. The number of carboxylic acid groups (broad SMARTS) is 1. The zero-order chi connectivity index (χ0) is 14.5. The molecule has 0 saturated heterocycles. The van der Waals surface area contributed by atoms with Crippen molar-refractivity contribution in [1.29, 1.82) is 0 Å². The van der Waals surface area contributed by atoms with Crippen LogP contribution in [0, 0.1) is 0 Å². The largest absolute Gasteiger partial charge is 0.497 e. The molecule has 1 aromatic heterocycles. The van der Waals surface area contributed by atoms with Gasteiger partial charge >= 0.3 is 6.09 Å². The molecule has 7 nitrogen and oxygen atoms in total. The van der Waals surface area contributed by atoms with E-state index in [0.29, 0.717) is 17.0 Å². The van der Waals surface area contributed by atoms with Crippen LogP contribution in [-0.2, 0) is 6.42 Å². The maximum absolute atomic E-state index is 12.0. The number of carbonyl (C=O) groups excluding carboxylic acids is 1. The number of benzene rings is 1. The number of Topliss-reactive ketones (excluding diaryl/α,β-unsaturated/α-hetero) is 1. The standard InChI is InChI=1S/C13H12N2O5/c1-19-9-2-3-10(15-13(17)18)8(4-9)5-12(16)11-6-20-7-14-11/h2-4,6-7,15H,5H2,1H3,(H,17,18). The van der Waals surface area contributed by atoms with Gasteiger partial charge in [0.25, 0.3) is 0 Å². The van der Waals surface area contributed by atoms with E-state index in [1.807, 2.05) is 0 Å². The molecule has 0 radical (unpaired) electrons. The average Bonchev–Trinajstić information content (AvgIpc) is 2.94. The summed E-state index contributed by atoms with van der Waals surface area (Å²) in [6.07, 6.45) is 1.19. The van der Waals surface area contributed by atoms with Crippen LogP contribution in [0.4, 0.5) is 10.5 Å². The third-order valence-corrected chi connectivity index (χ3v) is 2.62. The van der Waals surface area contributed by atoms with Crippen LogP contribution < -0.4 is 10.1 Å². The second kappa shape index (κ2) is 5.87. The molecule has 1 aromatic carbocycles. The van der Waals surface area contributed by atoms with E-state index in [9.17, 15) is 9.59 Å². The van der Waals surface area contributed by atoms with Crippen molar-refractivity contribution in [2.75, 3.05) is 12.4 Å². The average molecular weight is 276 g/mol. The Balaban J connectivity index is 2.27. The van der Waals surface area contributed by atoms with Gasteiger partial charge in [0, 0.05) is 12.1 Å². The highest BCUT2D eigenvalue weighted by molar-refractivity contribution is 5.97. The summed E-state index contributed by atoms with van der Waals surface area (Å²) in [5.74, 6) is 0.254. The lowest BCUT2D eigenvalue weighted by Gasteiger charge is -2.10. The van der Waals surface area contributed by atoms with E-state index in [-0.39, 0.29) is 17.9 Å². The van der Waals surface area contributed by atoms with Crippen molar-refractivity contribution in [3.8, 4) is 5.75 Å². The number of nitrogens with zero attached hydrogens (tertiary/aromatic N) is 1. The zero-order valence-corrected chi connectivity index (χ0v) is 10.6. The lowest BCUT2D eigenvalue weighted by atomic mass is 10.0. The number of methoxy groups -OCH3 is 1. The first-order valence-corrected chi connectivity index (χ1v) is 5.68. The number of hydrogen-bond donors (Lipinski definition) is 2. The van der Waals surface area contributed by atoms with Gasteiger partial charge in [-0.3, -0.25) is 10.1 Å². The maximum Gasteiger partial charge on any atom is 0.409 e. The molecule has 104 valence electrons. The highest BCUT2D eigenvalue weighted by atomic mass is 16.5. The van der Waals surface area contributed by atoms with Crippen molar-refractivity contribution < 1.29 is 23.8 Å². The molecule has 0 aliphatic rings. The van der Waals surface area contributed by atoms with Gasteiger partial charge in [-0.25, -0.2) is 9.78 Å². The highest BCUT2D eigenvalue weighted by Crippen LogP contribution is 2.23. The summed E-state index contributed by atoms with van der Waals surface area (Å²) in [5.41, 5.74) is 1.02. The summed E-state index contributed by atoms with van der Waals surface area (Å²) in [7, 11) is 1.49. The predicted molar refractivity (Wildman–Crippen MR) is 69.2 cm³/mol. The van der Waals surface area contributed by atoms with Crippen molar-refractivity contribution in [3.63, 3.8) is 0 Å². The van der Waals surface area contributed by atoms with Crippen LogP contribution in [0.2, 0.25) is 0 Å². The SMILES string of the molecule is COc1ccc(NC(=O)O)c(CC(=O)c2cocn2)c1. The quantitative estimate of drug-likeness (QED) is 0.812. The zero-order valence-electron chi connectivity index (χ0n) is 10.6. The summed E-state index contributed by atoms with van der Waals surface area (Å²) in [4.78, 5) is 26.5. The van der Waals surface area contributed by atoms with Gasteiger partial charge in [-0.05, 0) is 23.8 Å². The number of ether oxygens (including phenoxy) is 1. The minimum absolute atomic E-state index is 0.0145. The number of rotatable bonds is 5. The first kappa shape index (κ1) is 13.6. The summed E-state index contributed by atoms with van der Waals surface area (Å²) in [5, 5.41) is 11.0. The van der Waals surface area contributed by atoms with Gasteiger partial charge in [-0.2, -0.15) is 0 Å². The van der Waals surface area contributed by atoms with Gasteiger partial charge in [-0.15, -0.1) is 0 Å². The molecule has 0 fully saturated rings. The second-order valence-electron chi connectivity index (χ2n) is 3.93. The van der Waals surface area contributed by atoms with Crippen molar-refractivity contribution in [2.24, 2.45) is 0 Å². The number of amides is 1. The van der Waals surface area contributed by atoms with E-state index in [1.54, 1.807) is 18.2 Å². The number of carbonyl (C=O) groups is 2. The summed E-state index contributed by atoms with van der Waals surface area (Å²) in [6, 6.07) is 4.75. The summed E-state index contributed by atoms with van der Waals surface area (Å²) >= 11 is 0. The number of hydrogen-bond acceptors (Lipinski definition) is 5. The van der Waals surface area contributed by atoms with Gasteiger partial charge in [0.2, 0.25) is 0 Å². The molecule has 20 heavy (non-hydrogen) atoms. The van der Waals surface area contributed by atoms with Crippen LogP contribution in [0.25, 0.3) is 0 Å². The Morgan fingerprint density at radius 2 is 2.25 bits per heavy atom. The smallest absolute Gasteiger partial charge is 0.409 e. The number of aromatic nitrogens is 1. The lowest BCUT2D eigenvalue weighted by molar-refractivity contribution is 0.0988. The molecule has 0 saturated carbocycles. The number of ketones is 1. The first-order chi connectivity index (χ1) is 9.60. The van der Waals surface area contributed by atoms with Gasteiger partial charge < -0.3 is 14.3 Å². The molecule has 0 unspecified atom stereocenters. The topological polar surface area (TPSA) is 102 Å². The Morgan fingerprint density at radius 1 is 1.45 bits per heavy atom. The van der Waals surface area contributed by atoms with Gasteiger partial charge in [0.05, 0.1) is 7.11 Å². The Kier molecular flexibility index (Phi) is 3.99. The molecule has 0 spiro atoms. The van der Waals surface area contributed by atoms with Crippen molar-refractivity contribution in [1.82, 2.24) is 4.98 Å². The van der Waals surface area contributed by atoms with Crippen molar-refractivity contribution in [3.05, 3.63) is 42.1 Å². The first-order valence-electron chi connectivity index (χ1n) is 5.68. The minimum atomic E-state index is -1.20. The molecule has 0 aliphatic carbocycles. The van der Waals surface area contributed by atoms with Crippen molar-refractivity contribution >= 4 is 17.6 Å². The van der Waals surface area contributed by atoms with Crippen LogP contribution in [0.3, 0.4) is 0 Å². The molecule has 1 heterocycles. The summed E-state index contributed by atoms with van der Waals surface area (Å²) in [6.45, 7) is 0. The molecule has 0 aliphatic heterocycles.